The summed E-state index contributed by atoms with van der Waals surface area (Å²) in [7, 11) is 0. The van der Waals surface area contributed by atoms with Crippen molar-refractivity contribution in [3.8, 4) is 5.75 Å². The first kappa shape index (κ1) is 18.2. The Labute approximate surface area is 162 Å². The number of carbonyl (C=O) groups is 2. The van der Waals surface area contributed by atoms with E-state index in [1.807, 2.05) is 17.6 Å². The molecule has 0 fully saturated rings. The van der Waals surface area contributed by atoms with Gasteiger partial charge in [-0.25, -0.2) is 9.97 Å². The van der Waals surface area contributed by atoms with Crippen molar-refractivity contribution in [2.75, 3.05) is 0 Å². The molecule has 0 saturated heterocycles. The minimum atomic E-state index is -0.787. The Morgan fingerprint density at radius 1 is 1.25 bits per heavy atom. The van der Waals surface area contributed by atoms with Gasteiger partial charge >= 0.3 is 11.9 Å². The predicted octanol–water partition coefficient (Wildman–Crippen LogP) is 2.82. The lowest BCUT2D eigenvalue weighted by molar-refractivity contribution is -0.146. The maximum Gasteiger partial charge on any atom is 0.329 e. The van der Waals surface area contributed by atoms with E-state index < -0.39 is 11.9 Å². The summed E-state index contributed by atoms with van der Waals surface area (Å²) < 4.78 is 0. The molecule has 28 heavy (non-hydrogen) atoms. The number of aromatic nitrogens is 2. The molecule has 144 valence electrons. The molecule has 7 heteroatoms. The van der Waals surface area contributed by atoms with Gasteiger partial charge in [0.15, 0.2) is 11.4 Å². The average Bonchev–Trinajstić information content (AvgIpc) is 2.69. The normalized spacial score (nSPS) is 22.3. The number of aryl methyl sites for hydroxylation is 1. The zero-order valence-electron chi connectivity index (χ0n) is 15.7. The Morgan fingerprint density at radius 2 is 2.04 bits per heavy atom. The van der Waals surface area contributed by atoms with Gasteiger partial charge in [-0.15, -0.1) is 0 Å². The number of allylic oxidation sites excluding steroid dienone is 2. The summed E-state index contributed by atoms with van der Waals surface area (Å²) >= 11 is 0. The quantitative estimate of drug-likeness (QED) is 0.615. The lowest BCUT2D eigenvalue weighted by Crippen LogP contribution is -2.45. The van der Waals surface area contributed by atoms with Crippen LogP contribution in [0.15, 0.2) is 36.4 Å². The van der Waals surface area contributed by atoms with Crippen LogP contribution in [0.1, 0.15) is 65.2 Å². The van der Waals surface area contributed by atoms with Crippen molar-refractivity contribution in [1.82, 2.24) is 15.4 Å². The second kappa shape index (κ2) is 6.74. The third kappa shape index (κ3) is 2.74. The van der Waals surface area contributed by atoms with Gasteiger partial charge in [0.25, 0.3) is 0 Å². The van der Waals surface area contributed by atoms with E-state index in [2.05, 4.69) is 39.1 Å². The Balaban J connectivity index is 1.78. The summed E-state index contributed by atoms with van der Waals surface area (Å²) in [5.41, 5.74) is 4.46. The first-order valence-electron chi connectivity index (χ1n) is 9.23. The number of nitrogens with one attached hydrogen (secondary N) is 1. The van der Waals surface area contributed by atoms with Gasteiger partial charge in [-0.1, -0.05) is 36.4 Å². The second-order valence-corrected chi connectivity index (χ2v) is 7.28. The van der Waals surface area contributed by atoms with Gasteiger partial charge in [-0.05, 0) is 37.3 Å². The van der Waals surface area contributed by atoms with Crippen LogP contribution in [0.2, 0.25) is 0 Å². The molecule has 2 unspecified atom stereocenters. The lowest BCUT2D eigenvalue weighted by atomic mass is 9.51. The average molecular weight is 379 g/mol. The van der Waals surface area contributed by atoms with Gasteiger partial charge in [0.05, 0.1) is 11.6 Å². The topological polar surface area (TPSA) is 101 Å². The molecule has 1 aromatic heterocycles. The molecular weight excluding hydrogens is 358 g/mol. The summed E-state index contributed by atoms with van der Waals surface area (Å²) in [6, 6.07) is 8.23. The number of hydrogen-bond donors (Lipinski definition) is 2. The molecule has 1 aromatic carbocycles. The highest BCUT2D eigenvalue weighted by molar-refractivity contribution is 5.95. The van der Waals surface area contributed by atoms with Gasteiger partial charge in [0.1, 0.15) is 5.82 Å². The highest BCUT2D eigenvalue weighted by atomic mass is 16.7. The van der Waals surface area contributed by atoms with E-state index in [1.54, 1.807) is 6.92 Å². The third-order valence-electron chi connectivity index (χ3n) is 5.60. The molecule has 2 atom stereocenters. The number of hydrogen-bond acceptors (Lipinski definition) is 6. The standard InChI is InChI=1S/C21H21N3O4/c1-12-18(26)17(20(27)24-28-13(2)25)23-19(22-12)16-14-8-4-5-9-15(14)21(16)10-6-3-7-11-21/h3-6,8-9,16,26H,7,10-11H2,1-2H3,(H,24,27). The number of amides is 1. The molecule has 0 radical (unpaired) electrons. The summed E-state index contributed by atoms with van der Waals surface area (Å²) in [5, 5.41) is 10.3. The first-order chi connectivity index (χ1) is 13.4. The summed E-state index contributed by atoms with van der Waals surface area (Å²) in [4.78, 5) is 36.8. The van der Waals surface area contributed by atoms with E-state index >= 15 is 0 Å². The number of carbonyl (C=O) groups excluding carboxylic acids is 2. The van der Waals surface area contributed by atoms with Crippen LogP contribution in [0.3, 0.4) is 0 Å². The molecule has 1 spiro atoms. The van der Waals surface area contributed by atoms with Crippen LogP contribution in [-0.2, 0) is 15.0 Å². The number of fused-ring (bicyclic) bond motifs is 2. The van der Waals surface area contributed by atoms with Gasteiger partial charge < -0.3 is 9.94 Å². The Kier molecular flexibility index (Phi) is 4.37. The van der Waals surface area contributed by atoms with Crippen molar-refractivity contribution >= 4 is 11.9 Å². The van der Waals surface area contributed by atoms with Crippen LogP contribution in [0.5, 0.6) is 5.75 Å². The fourth-order valence-corrected chi connectivity index (χ4v) is 4.37. The fraction of sp³-hybridized carbons (Fsp3) is 0.333. The molecular formula is C21H21N3O4. The third-order valence-corrected chi connectivity index (χ3v) is 5.60. The zero-order valence-corrected chi connectivity index (χ0v) is 15.7. The van der Waals surface area contributed by atoms with E-state index in [4.69, 9.17) is 0 Å². The Morgan fingerprint density at radius 3 is 2.75 bits per heavy atom. The van der Waals surface area contributed by atoms with Crippen LogP contribution in [-0.4, -0.2) is 27.0 Å². The van der Waals surface area contributed by atoms with Gasteiger partial charge in [-0.2, -0.15) is 5.48 Å². The number of benzene rings is 1. The SMILES string of the molecule is CC(=O)ONC(=O)c1nc(C2c3ccccc3C23CC=CCC3)nc(C)c1O. The van der Waals surface area contributed by atoms with Crippen LogP contribution >= 0.6 is 0 Å². The first-order valence-corrected chi connectivity index (χ1v) is 9.23. The number of aromatic hydroxyl groups is 1. The van der Waals surface area contributed by atoms with Gasteiger partial charge in [0.2, 0.25) is 0 Å². The van der Waals surface area contributed by atoms with E-state index in [0.29, 0.717) is 11.5 Å². The van der Waals surface area contributed by atoms with E-state index in [1.165, 1.54) is 12.5 Å². The minimum Gasteiger partial charge on any atom is -0.504 e. The van der Waals surface area contributed by atoms with E-state index in [0.717, 1.165) is 24.8 Å². The summed E-state index contributed by atoms with van der Waals surface area (Å²) in [6.45, 7) is 2.80. The molecule has 2 aromatic rings. The molecule has 0 aliphatic heterocycles. The van der Waals surface area contributed by atoms with Crippen LogP contribution in [0.4, 0.5) is 0 Å². The molecule has 7 nitrogen and oxygen atoms in total. The Hall–Kier alpha value is -3.22. The fourth-order valence-electron chi connectivity index (χ4n) is 4.37. The van der Waals surface area contributed by atoms with Crippen molar-refractivity contribution < 1.29 is 19.5 Å². The molecule has 1 amide bonds. The van der Waals surface area contributed by atoms with Crippen molar-refractivity contribution in [3.63, 3.8) is 0 Å². The van der Waals surface area contributed by atoms with Crippen molar-refractivity contribution in [1.29, 1.82) is 0 Å². The highest BCUT2D eigenvalue weighted by Crippen LogP contribution is 2.59. The number of rotatable bonds is 2. The van der Waals surface area contributed by atoms with Gasteiger partial charge in [-0.3, -0.25) is 9.59 Å². The largest absolute Gasteiger partial charge is 0.504 e. The van der Waals surface area contributed by atoms with E-state index in [9.17, 15) is 14.7 Å². The lowest BCUT2D eigenvalue weighted by Gasteiger charge is -2.51. The molecule has 2 aliphatic carbocycles. The van der Waals surface area contributed by atoms with Crippen molar-refractivity contribution in [2.24, 2.45) is 0 Å². The van der Waals surface area contributed by atoms with Crippen molar-refractivity contribution in [3.05, 3.63) is 64.8 Å². The number of hydroxylamine groups is 1. The Bertz CT molecular complexity index is 1000. The molecule has 4 rings (SSSR count). The second-order valence-electron chi connectivity index (χ2n) is 7.28. The zero-order chi connectivity index (χ0) is 19.9. The monoisotopic (exact) mass is 379 g/mol. The van der Waals surface area contributed by atoms with Gasteiger partial charge in [0, 0.05) is 12.3 Å². The number of nitrogens with zero attached hydrogens (tertiary/aromatic N) is 2. The van der Waals surface area contributed by atoms with Crippen LogP contribution in [0, 0.1) is 6.92 Å². The van der Waals surface area contributed by atoms with Crippen molar-refractivity contribution in [2.45, 2.75) is 44.4 Å². The highest BCUT2D eigenvalue weighted by Gasteiger charge is 2.53. The minimum absolute atomic E-state index is 0.0618. The van der Waals surface area contributed by atoms with E-state index in [-0.39, 0.29) is 22.8 Å². The van der Waals surface area contributed by atoms with Crippen LogP contribution in [0.25, 0.3) is 0 Å². The summed E-state index contributed by atoms with van der Waals surface area (Å²) in [5.74, 6) is -1.34. The molecule has 2 N–H and O–H groups in total. The molecule has 2 aliphatic rings. The van der Waals surface area contributed by atoms with Crippen LogP contribution < -0.4 is 5.48 Å². The molecule has 0 bridgehead atoms. The maximum absolute atomic E-state index is 12.4. The predicted molar refractivity (Wildman–Crippen MR) is 101 cm³/mol. The maximum atomic E-state index is 12.4. The molecule has 1 heterocycles. The molecule has 0 saturated carbocycles. The smallest absolute Gasteiger partial charge is 0.329 e. The summed E-state index contributed by atoms with van der Waals surface area (Å²) in [6.07, 6.45) is 7.20.